The van der Waals surface area contributed by atoms with Crippen LogP contribution in [0.2, 0.25) is 0 Å². The van der Waals surface area contributed by atoms with Crippen LogP contribution in [0.15, 0.2) is 58.3 Å². The Morgan fingerprint density at radius 3 is 2.45 bits per heavy atom. The van der Waals surface area contributed by atoms with E-state index in [0.717, 1.165) is 5.39 Å². The number of nitrogens with zero attached hydrogens (tertiary/aromatic N) is 1. The largest absolute Gasteiger partial charge is 0.462 e. The summed E-state index contributed by atoms with van der Waals surface area (Å²) < 4.78 is 107. The van der Waals surface area contributed by atoms with E-state index < -0.39 is 79.8 Å². The van der Waals surface area contributed by atoms with E-state index in [1.807, 2.05) is 0 Å². The van der Waals surface area contributed by atoms with Gasteiger partial charge in [-0.2, -0.15) is 18.3 Å². The third-order valence-corrected chi connectivity index (χ3v) is 8.12. The number of aliphatic hydroxyl groups excluding tert-OH is 1. The summed E-state index contributed by atoms with van der Waals surface area (Å²) in [5.74, 6) is -7.55. The van der Waals surface area contributed by atoms with Gasteiger partial charge in [0.25, 0.3) is 12.0 Å². The Labute approximate surface area is 245 Å². The van der Waals surface area contributed by atoms with Gasteiger partial charge in [-0.25, -0.2) is 18.1 Å². The minimum Gasteiger partial charge on any atom is -0.462 e. The van der Waals surface area contributed by atoms with Gasteiger partial charge in [-0.1, -0.05) is 30.3 Å². The second-order valence-corrected chi connectivity index (χ2v) is 11.8. The van der Waals surface area contributed by atoms with E-state index in [1.165, 1.54) is 37.9 Å². The van der Waals surface area contributed by atoms with E-state index in [1.54, 1.807) is 30.3 Å². The maximum Gasteiger partial charge on any atom is 0.459 e. The highest BCUT2D eigenvalue weighted by Gasteiger charge is 2.71. The molecule has 1 aromatic heterocycles. The number of fused-ring (bicyclic) bond motifs is 1. The van der Waals surface area contributed by atoms with Gasteiger partial charge in [0.05, 0.1) is 18.9 Å². The van der Waals surface area contributed by atoms with Gasteiger partial charge in [0.2, 0.25) is 12.0 Å². The lowest BCUT2D eigenvalue weighted by Crippen LogP contribution is -2.54. The smallest absolute Gasteiger partial charge is 0.459 e. The third kappa shape index (κ3) is 6.56. The molecule has 0 bridgehead atoms. The molecule has 1 aliphatic rings. The van der Waals surface area contributed by atoms with Crippen LogP contribution in [0.25, 0.3) is 10.8 Å². The fourth-order valence-electron chi connectivity index (χ4n) is 4.30. The van der Waals surface area contributed by atoms with Gasteiger partial charge >= 0.3 is 25.3 Å². The molecule has 0 aliphatic carbocycles. The maximum atomic E-state index is 15.2. The first-order valence-electron chi connectivity index (χ1n) is 12.9. The Morgan fingerprint density at radius 1 is 1.16 bits per heavy atom. The molecule has 2 heterocycles. The zero-order valence-electron chi connectivity index (χ0n) is 23.2. The number of nitrogens with one attached hydrogen (secondary N) is 2. The van der Waals surface area contributed by atoms with Crippen LogP contribution in [0.3, 0.4) is 0 Å². The zero-order chi connectivity index (χ0) is 32.6. The minimum absolute atomic E-state index is 0.00777. The fourth-order valence-corrected chi connectivity index (χ4v) is 5.82. The number of aromatic nitrogens is 2. The molecule has 44 heavy (non-hydrogen) atoms. The first-order chi connectivity index (χ1) is 20.5. The Morgan fingerprint density at radius 2 is 1.82 bits per heavy atom. The number of carbonyl (C=O) groups is 1. The third-order valence-electron chi connectivity index (χ3n) is 6.50. The molecule has 0 radical (unpaired) electrons. The highest BCUT2D eigenvalue weighted by Crippen LogP contribution is 2.53. The predicted octanol–water partition coefficient (Wildman–Crippen LogP) is 3.49. The van der Waals surface area contributed by atoms with Crippen molar-refractivity contribution in [2.45, 2.75) is 63.2 Å². The first kappa shape index (κ1) is 33.3. The molecule has 3 N–H and O–H groups in total. The summed E-state index contributed by atoms with van der Waals surface area (Å²) in [6.07, 6.45) is -11.1. The standard InChI is InChI=1S/C26H27F5N3O9P/c1-13(2)41-20(36)14(3)33-44(39,43-17-9-8-15-6-4-5-7-16(15)10-17)40-12-25(22(28)29)21(37)26(30,31)23(42-25)34-11-18(27)19(35)32-24(34)38/h4-11,13-14,21-23,37H,12H2,1-3H3,(H,33,39)(H,32,35,38)/t14-,21+,23+,25+,44?/m0/s1. The molecule has 1 saturated heterocycles. The number of hydrogen-bond acceptors (Lipinski definition) is 9. The lowest BCUT2D eigenvalue weighted by atomic mass is 9.96. The summed E-state index contributed by atoms with van der Waals surface area (Å²) in [4.78, 5) is 37.3. The predicted molar refractivity (Wildman–Crippen MR) is 143 cm³/mol. The number of esters is 1. The molecule has 0 spiro atoms. The molecule has 3 aromatic rings. The summed E-state index contributed by atoms with van der Waals surface area (Å²) in [6, 6.07) is 9.68. The topological polar surface area (TPSA) is 158 Å². The maximum absolute atomic E-state index is 15.2. The quantitative estimate of drug-likeness (QED) is 0.159. The van der Waals surface area contributed by atoms with Crippen LogP contribution >= 0.6 is 7.75 Å². The molecule has 5 atom stereocenters. The van der Waals surface area contributed by atoms with Crippen molar-refractivity contribution in [2.24, 2.45) is 0 Å². The fraction of sp³-hybridized carbons (Fsp3) is 0.423. The Bertz CT molecular complexity index is 1700. The van der Waals surface area contributed by atoms with Crippen LogP contribution < -0.4 is 20.9 Å². The number of aliphatic hydroxyl groups is 1. The molecule has 0 amide bonds. The summed E-state index contributed by atoms with van der Waals surface area (Å²) in [5, 5.41) is 13.9. The van der Waals surface area contributed by atoms with Crippen molar-refractivity contribution in [1.29, 1.82) is 0 Å². The van der Waals surface area contributed by atoms with Gasteiger partial charge in [0, 0.05) is 0 Å². The highest BCUT2D eigenvalue weighted by atomic mass is 31.2. The molecule has 1 fully saturated rings. The SMILES string of the molecule is CC(C)OC(=O)[C@H](C)NP(=O)(OC[C@@]1(C(F)F)O[C@@H](n2cc(F)c(=O)[nH]c2=O)C(F)(F)[C@@H]1O)Oc1ccc2ccccc2c1. The van der Waals surface area contributed by atoms with Crippen LogP contribution in [-0.2, 0) is 23.4 Å². The molecule has 1 aliphatic heterocycles. The summed E-state index contributed by atoms with van der Waals surface area (Å²) >= 11 is 0. The Kier molecular flexibility index (Phi) is 9.38. The van der Waals surface area contributed by atoms with Crippen LogP contribution in [0, 0.1) is 5.82 Å². The molecular weight excluding hydrogens is 624 g/mol. The molecular formula is C26H27F5N3O9P. The van der Waals surface area contributed by atoms with Gasteiger partial charge < -0.3 is 19.1 Å². The van der Waals surface area contributed by atoms with Crippen molar-refractivity contribution >= 4 is 24.5 Å². The second kappa shape index (κ2) is 12.4. The van der Waals surface area contributed by atoms with Gasteiger partial charge in [-0.05, 0) is 43.7 Å². The normalized spacial score (nSPS) is 23.5. The lowest BCUT2D eigenvalue weighted by Gasteiger charge is -2.32. The molecule has 2 aromatic carbocycles. The number of ether oxygens (including phenoxy) is 2. The van der Waals surface area contributed by atoms with Crippen molar-refractivity contribution in [3.63, 3.8) is 0 Å². The molecule has 0 saturated carbocycles. The van der Waals surface area contributed by atoms with E-state index >= 15 is 8.78 Å². The first-order valence-corrected chi connectivity index (χ1v) is 14.5. The highest BCUT2D eigenvalue weighted by molar-refractivity contribution is 7.52. The average molecular weight is 651 g/mol. The van der Waals surface area contributed by atoms with Crippen molar-refractivity contribution in [1.82, 2.24) is 14.6 Å². The Balaban J connectivity index is 1.70. The number of carbonyl (C=O) groups excluding carboxylic acids is 1. The number of H-pyrrole nitrogens is 1. The van der Waals surface area contributed by atoms with Gasteiger partial charge in [-0.3, -0.25) is 23.7 Å². The van der Waals surface area contributed by atoms with Crippen LogP contribution in [0.4, 0.5) is 22.0 Å². The van der Waals surface area contributed by atoms with Crippen LogP contribution in [0.1, 0.15) is 27.0 Å². The number of aromatic amines is 1. The van der Waals surface area contributed by atoms with Gasteiger partial charge in [-0.15, -0.1) is 0 Å². The van der Waals surface area contributed by atoms with Crippen molar-refractivity contribution in [2.75, 3.05) is 6.61 Å². The number of halogens is 5. The number of alkyl halides is 4. The lowest BCUT2D eigenvalue weighted by molar-refractivity contribution is -0.193. The molecule has 4 rings (SSSR count). The molecule has 240 valence electrons. The van der Waals surface area contributed by atoms with E-state index in [-0.39, 0.29) is 16.5 Å². The van der Waals surface area contributed by atoms with Crippen molar-refractivity contribution in [3.05, 3.63) is 75.3 Å². The van der Waals surface area contributed by atoms with E-state index in [0.29, 0.717) is 5.39 Å². The zero-order valence-corrected chi connectivity index (χ0v) is 24.1. The van der Waals surface area contributed by atoms with E-state index in [9.17, 15) is 37.2 Å². The number of rotatable bonds is 11. The summed E-state index contributed by atoms with van der Waals surface area (Å²) in [5.41, 5.74) is -6.94. The van der Waals surface area contributed by atoms with Gasteiger partial charge in [0.1, 0.15) is 11.8 Å². The van der Waals surface area contributed by atoms with Crippen molar-refractivity contribution < 1.29 is 54.9 Å². The number of hydrogen-bond donors (Lipinski definition) is 3. The van der Waals surface area contributed by atoms with E-state index in [2.05, 4.69) is 5.09 Å². The molecule has 12 nitrogen and oxygen atoms in total. The monoisotopic (exact) mass is 651 g/mol. The van der Waals surface area contributed by atoms with Crippen molar-refractivity contribution in [3.8, 4) is 5.75 Å². The van der Waals surface area contributed by atoms with Gasteiger partial charge in [0.15, 0.2) is 11.7 Å². The summed E-state index contributed by atoms with van der Waals surface area (Å²) in [7, 11) is -4.99. The summed E-state index contributed by atoms with van der Waals surface area (Å²) in [6.45, 7) is 2.46. The van der Waals surface area contributed by atoms with Crippen LogP contribution in [0.5, 0.6) is 5.75 Å². The molecule has 1 unspecified atom stereocenters. The Hall–Kier alpha value is -3.63. The average Bonchev–Trinajstić information content (AvgIpc) is 3.15. The minimum atomic E-state index is -4.99. The second-order valence-electron chi connectivity index (χ2n) is 10.2. The van der Waals surface area contributed by atoms with E-state index in [4.69, 9.17) is 18.5 Å². The molecule has 18 heteroatoms. The van der Waals surface area contributed by atoms with Crippen LogP contribution in [-0.4, -0.2) is 63.4 Å². The number of benzene rings is 2.